The molecule has 114 valence electrons. The Labute approximate surface area is 134 Å². The lowest BCUT2D eigenvalue weighted by atomic mass is 10.0. The number of anilines is 1. The van der Waals surface area contributed by atoms with E-state index in [2.05, 4.69) is 51.9 Å². The van der Waals surface area contributed by atoms with Crippen LogP contribution in [-0.4, -0.2) is 30.2 Å². The molecule has 0 saturated heterocycles. The largest absolute Gasteiger partial charge is 0.385 e. The van der Waals surface area contributed by atoms with E-state index in [0.29, 0.717) is 0 Å². The minimum atomic E-state index is 0.746. The Kier molecular flexibility index (Phi) is 4.65. The van der Waals surface area contributed by atoms with Crippen LogP contribution < -0.4 is 5.32 Å². The summed E-state index contributed by atoms with van der Waals surface area (Å²) in [6.45, 7) is 3.68. The van der Waals surface area contributed by atoms with E-state index in [0.717, 1.165) is 35.6 Å². The van der Waals surface area contributed by atoms with Gasteiger partial charge in [0.25, 0.3) is 0 Å². The number of hydrogen-bond acceptors (Lipinski definition) is 5. The van der Waals surface area contributed by atoms with Crippen LogP contribution in [0.3, 0.4) is 0 Å². The van der Waals surface area contributed by atoms with Crippen LogP contribution >= 0.6 is 11.3 Å². The van der Waals surface area contributed by atoms with Crippen LogP contribution in [0.1, 0.15) is 12.0 Å². The van der Waals surface area contributed by atoms with Crippen LogP contribution in [0.15, 0.2) is 36.0 Å². The molecular weight excluding hydrogens is 294 g/mol. The minimum Gasteiger partial charge on any atom is -0.385 e. The van der Waals surface area contributed by atoms with Crippen LogP contribution in [0.4, 0.5) is 5.82 Å². The Hall–Kier alpha value is -1.98. The predicted molar refractivity (Wildman–Crippen MR) is 92.6 cm³/mol. The molecule has 0 bridgehead atoms. The van der Waals surface area contributed by atoms with Crippen LogP contribution in [0.25, 0.3) is 21.3 Å². The topological polar surface area (TPSA) is 47.0 Å². The molecule has 4 nitrogen and oxygen atoms in total. The van der Waals surface area contributed by atoms with Crippen molar-refractivity contribution in [3.63, 3.8) is 0 Å². The van der Waals surface area contributed by atoms with Crippen molar-refractivity contribution in [2.45, 2.75) is 13.3 Å². The zero-order valence-corrected chi connectivity index (χ0v) is 13.6. The zero-order chi connectivity index (χ0) is 15.4. The monoisotopic (exact) mass is 313 g/mol. The summed E-state index contributed by atoms with van der Waals surface area (Å²) in [5.74, 6) is 0.901. The zero-order valence-electron chi connectivity index (χ0n) is 12.8. The smallest absolute Gasteiger partial charge is 0.138 e. The van der Waals surface area contributed by atoms with Gasteiger partial charge in [-0.2, -0.15) is 0 Å². The lowest BCUT2D eigenvalue weighted by molar-refractivity contribution is 0.198. The molecule has 0 saturated carbocycles. The molecule has 3 aromatic rings. The average molecular weight is 313 g/mol. The van der Waals surface area contributed by atoms with Crippen molar-refractivity contribution >= 4 is 27.4 Å². The Morgan fingerprint density at radius 2 is 2.00 bits per heavy atom. The third-order valence-electron chi connectivity index (χ3n) is 3.55. The average Bonchev–Trinajstić information content (AvgIpc) is 2.97. The molecule has 0 amide bonds. The highest BCUT2D eigenvalue weighted by Crippen LogP contribution is 2.36. The van der Waals surface area contributed by atoms with Crippen molar-refractivity contribution in [2.24, 2.45) is 0 Å². The highest BCUT2D eigenvalue weighted by molar-refractivity contribution is 7.17. The molecule has 1 aromatic carbocycles. The third kappa shape index (κ3) is 3.10. The number of methoxy groups -OCH3 is 1. The number of rotatable bonds is 6. The number of fused-ring (bicyclic) bond motifs is 1. The van der Waals surface area contributed by atoms with Gasteiger partial charge in [-0.3, -0.25) is 0 Å². The van der Waals surface area contributed by atoms with E-state index in [4.69, 9.17) is 4.74 Å². The van der Waals surface area contributed by atoms with E-state index in [1.807, 2.05) is 0 Å². The van der Waals surface area contributed by atoms with Gasteiger partial charge in [0.2, 0.25) is 0 Å². The maximum Gasteiger partial charge on any atom is 0.138 e. The summed E-state index contributed by atoms with van der Waals surface area (Å²) in [6.07, 6.45) is 2.57. The van der Waals surface area contributed by atoms with Crippen LogP contribution in [0, 0.1) is 6.92 Å². The van der Waals surface area contributed by atoms with Crippen molar-refractivity contribution in [1.29, 1.82) is 0 Å². The molecule has 0 atom stereocenters. The summed E-state index contributed by atoms with van der Waals surface area (Å²) < 4.78 is 5.09. The van der Waals surface area contributed by atoms with Gasteiger partial charge in [0.05, 0.1) is 5.39 Å². The van der Waals surface area contributed by atoms with Gasteiger partial charge < -0.3 is 10.1 Å². The molecule has 0 aliphatic rings. The van der Waals surface area contributed by atoms with Gasteiger partial charge >= 0.3 is 0 Å². The number of benzene rings is 1. The quantitative estimate of drug-likeness (QED) is 0.696. The number of thiophene rings is 1. The molecule has 1 N–H and O–H groups in total. The Balaban J connectivity index is 1.95. The summed E-state index contributed by atoms with van der Waals surface area (Å²) in [5.41, 5.74) is 3.65. The number of ether oxygens (including phenoxy) is 1. The maximum absolute atomic E-state index is 5.09. The normalized spacial score (nSPS) is 11.0. The summed E-state index contributed by atoms with van der Waals surface area (Å²) >= 11 is 1.66. The van der Waals surface area contributed by atoms with E-state index < -0.39 is 0 Å². The predicted octanol–water partition coefficient (Wildman–Crippen LogP) is 4.12. The van der Waals surface area contributed by atoms with E-state index in [-0.39, 0.29) is 0 Å². The Bertz CT molecular complexity index is 752. The van der Waals surface area contributed by atoms with E-state index in [9.17, 15) is 0 Å². The van der Waals surface area contributed by atoms with Gasteiger partial charge in [0.15, 0.2) is 0 Å². The van der Waals surface area contributed by atoms with Crippen molar-refractivity contribution in [3.05, 3.63) is 41.5 Å². The number of aryl methyl sites for hydroxylation is 1. The number of nitrogens with one attached hydrogen (secondary N) is 1. The van der Waals surface area contributed by atoms with Gasteiger partial charge in [0.1, 0.15) is 17.0 Å². The second-order valence-corrected chi connectivity index (χ2v) is 6.05. The first-order valence-electron chi connectivity index (χ1n) is 7.31. The molecule has 2 aromatic heterocycles. The van der Waals surface area contributed by atoms with Crippen molar-refractivity contribution in [1.82, 2.24) is 9.97 Å². The summed E-state index contributed by atoms with van der Waals surface area (Å²) in [7, 11) is 1.72. The minimum absolute atomic E-state index is 0.746. The molecule has 0 aliphatic carbocycles. The number of nitrogens with zero attached hydrogens (tertiary/aromatic N) is 2. The van der Waals surface area contributed by atoms with Gasteiger partial charge in [-0.1, -0.05) is 29.8 Å². The van der Waals surface area contributed by atoms with Crippen molar-refractivity contribution in [2.75, 3.05) is 25.6 Å². The fraction of sp³-hybridized carbons (Fsp3) is 0.294. The second kappa shape index (κ2) is 6.85. The van der Waals surface area contributed by atoms with Gasteiger partial charge in [-0.05, 0) is 18.9 Å². The van der Waals surface area contributed by atoms with Crippen molar-refractivity contribution < 1.29 is 4.74 Å². The molecule has 0 radical (unpaired) electrons. The van der Waals surface area contributed by atoms with Gasteiger partial charge in [-0.15, -0.1) is 11.3 Å². The molecule has 5 heteroatoms. The SMILES string of the molecule is COCCCNc1ncnc2scc(-c3ccc(C)cc3)c12. The number of hydrogen-bond donors (Lipinski definition) is 1. The van der Waals surface area contributed by atoms with Crippen LogP contribution in [0.2, 0.25) is 0 Å². The molecule has 0 fully saturated rings. The molecule has 0 aliphatic heterocycles. The highest BCUT2D eigenvalue weighted by atomic mass is 32.1. The fourth-order valence-corrected chi connectivity index (χ4v) is 3.29. The molecule has 2 heterocycles. The summed E-state index contributed by atoms with van der Waals surface area (Å²) in [6, 6.07) is 8.57. The Morgan fingerprint density at radius 1 is 1.18 bits per heavy atom. The fourth-order valence-electron chi connectivity index (χ4n) is 2.38. The second-order valence-electron chi connectivity index (χ2n) is 5.19. The van der Waals surface area contributed by atoms with E-state index in [1.165, 1.54) is 16.7 Å². The lowest BCUT2D eigenvalue weighted by Gasteiger charge is -2.08. The summed E-state index contributed by atoms with van der Waals surface area (Å²) in [4.78, 5) is 9.83. The first kappa shape index (κ1) is 14.9. The van der Waals surface area contributed by atoms with Gasteiger partial charge in [-0.25, -0.2) is 9.97 Å². The molecule has 3 rings (SSSR count). The standard InChI is InChI=1S/C17H19N3OS/c1-12-4-6-13(7-5-12)14-10-22-17-15(14)16(19-11-20-17)18-8-3-9-21-2/h4-7,10-11H,3,8-9H2,1-2H3,(H,18,19,20). The van der Waals surface area contributed by atoms with Crippen molar-refractivity contribution in [3.8, 4) is 11.1 Å². The molecule has 0 unspecified atom stereocenters. The Morgan fingerprint density at radius 3 is 2.77 bits per heavy atom. The number of aromatic nitrogens is 2. The first-order chi connectivity index (χ1) is 10.8. The first-order valence-corrected chi connectivity index (χ1v) is 8.19. The van der Waals surface area contributed by atoms with Gasteiger partial charge in [0, 0.05) is 31.2 Å². The maximum atomic E-state index is 5.09. The molecule has 0 spiro atoms. The third-order valence-corrected chi connectivity index (χ3v) is 4.44. The molecule has 22 heavy (non-hydrogen) atoms. The molecular formula is C17H19N3OS. The lowest BCUT2D eigenvalue weighted by Crippen LogP contribution is -2.06. The van der Waals surface area contributed by atoms with Crippen LogP contribution in [-0.2, 0) is 4.74 Å². The van der Waals surface area contributed by atoms with E-state index in [1.54, 1.807) is 24.8 Å². The highest BCUT2D eigenvalue weighted by Gasteiger charge is 2.12. The van der Waals surface area contributed by atoms with Crippen LogP contribution in [0.5, 0.6) is 0 Å². The summed E-state index contributed by atoms with van der Waals surface area (Å²) in [5, 5.41) is 6.67. The van der Waals surface area contributed by atoms with E-state index >= 15 is 0 Å².